The summed E-state index contributed by atoms with van der Waals surface area (Å²) in [6.07, 6.45) is 17.0. The quantitative estimate of drug-likeness (QED) is 0.289. The van der Waals surface area contributed by atoms with E-state index in [-0.39, 0.29) is 23.4 Å². The minimum atomic E-state index is -0.663. The van der Waals surface area contributed by atoms with E-state index >= 15 is 0 Å². The number of piperidine rings is 1. The average molecular weight is 543 g/mol. The van der Waals surface area contributed by atoms with Crippen molar-refractivity contribution in [3.63, 3.8) is 0 Å². The number of amides is 3. The number of aromatic amines is 1. The van der Waals surface area contributed by atoms with Crippen molar-refractivity contribution in [2.75, 3.05) is 13.1 Å². The predicted molar refractivity (Wildman–Crippen MR) is 156 cm³/mol. The summed E-state index contributed by atoms with van der Waals surface area (Å²) >= 11 is 0. The van der Waals surface area contributed by atoms with Gasteiger partial charge >= 0.3 is 6.03 Å². The molecule has 4 rings (SSSR count). The van der Waals surface area contributed by atoms with Gasteiger partial charge in [-0.05, 0) is 68.7 Å². The van der Waals surface area contributed by atoms with E-state index in [2.05, 4.69) is 58.9 Å². The first kappa shape index (κ1) is 29.9. The van der Waals surface area contributed by atoms with E-state index in [9.17, 15) is 9.59 Å². The van der Waals surface area contributed by atoms with Crippen LogP contribution in [-0.2, 0) is 11.2 Å². The molecule has 4 atom stereocenters. The molecule has 1 aromatic heterocycles. The van der Waals surface area contributed by atoms with E-state index in [4.69, 9.17) is 0 Å². The van der Waals surface area contributed by atoms with Crippen LogP contribution in [-0.4, -0.2) is 53.1 Å². The fourth-order valence-electron chi connectivity index (χ4n) is 7.82. The number of carbonyl (C=O) groups is 2. The molecule has 5 N–H and O–H groups in total. The average Bonchev–Trinajstić information content (AvgIpc) is 3.45. The first-order chi connectivity index (χ1) is 18.8. The minimum absolute atomic E-state index is 0.103. The lowest BCUT2D eigenvalue weighted by atomic mass is 9.67. The molecule has 0 radical (unpaired) electrons. The van der Waals surface area contributed by atoms with Gasteiger partial charge in [0.05, 0.1) is 6.33 Å². The molecule has 8 nitrogen and oxygen atoms in total. The largest absolute Gasteiger partial charge is 0.354 e. The normalized spacial score (nSPS) is 28.2. The van der Waals surface area contributed by atoms with Gasteiger partial charge in [-0.15, -0.1) is 0 Å². The van der Waals surface area contributed by atoms with Crippen LogP contribution in [0.2, 0.25) is 0 Å². The number of aromatic nitrogens is 2. The second-order valence-electron chi connectivity index (χ2n) is 13.4. The zero-order valence-corrected chi connectivity index (χ0v) is 24.9. The Morgan fingerprint density at radius 3 is 2.28 bits per heavy atom. The van der Waals surface area contributed by atoms with Crippen LogP contribution in [0.1, 0.15) is 104 Å². The fraction of sp³-hybridized carbons (Fsp3) is 0.839. The molecule has 1 aromatic rings. The lowest BCUT2D eigenvalue weighted by Gasteiger charge is -2.46. The number of H-pyrrole nitrogens is 1. The highest BCUT2D eigenvalue weighted by molar-refractivity contribution is 5.87. The van der Waals surface area contributed by atoms with Crippen LogP contribution >= 0.6 is 0 Å². The highest BCUT2D eigenvalue weighted by Gasteiger charge is 2.41. The van der Waals surface area contributed by atoms with Gasteiger partial charge in [0.15, 0.2) is 0 Å². The maximum absolute atomic E-state index is 13.7. The van der Waals surface area contributed by atoms with Crippen LogP contribution in [0, 0.1) is 29.1 Å². The van der Waals surface area contributed by atoms with Crippen molar-refractivity contribution in [1.82, 2.24) is 31.2 Å². The van der Waals surface area contributed by atoms with Gasteiger partial charge in [-0.1, -0.05) is 59.8 Å². The molecule has 0 aromatic carbocycles. The summed E-state index contributed by atoms with van der Waals surface area (Å²) in [5.41, 5.74) is 0.946. The molecule has 0 bridgehead atoms. The Morgan fingerprint density at radius 2 is 1.69 bits per heavy atom. The first-order valence-corrected chi connectivity index (χ1v) is 15.8. The molecule has 8 heteroatoms. The first-order valence-electron chi connectivity index (χ1n) is 15.8. The van der Waals surface area contributed by atoms with E-state index in [1.807, 2.05) is 0 Å². The molecule has 1 aliphatic heterocycles. The van der Waals surface area contributed by atoms with Gasteiger partial charge in [-0.2, -0.15) is 0 Å². The van der Waals surface area contributed by atoms with Crippen molar-refractivity contribution in [2.24, 2.45) is 29.1 Å². The van der Waals surface area contributed by atoms with E-state index in [0.29, 0.717) is 42.7 Å². The molecule has 2 heterocycles. The summed E-state index contributed by atoms with van der Waals surface area (Å²) in [5, 5.41) is 13.5. The Balaban J connectivity index is 1.44. The molecular formula is C31H54N6O2. The van der Waals surface area contributed by atoms with Crippen molar-refractivity contribution >= 4 is 11.9 Å². The van der Waals surface area contributed by atoms with Crippen LogP contribution in [0.4, 0.5) is 4.79 Å². The van der Waals surface area contributed by atoms with Gasteiger partial charge in [0.1, 0.15) is 6.04 Å². The number of nitrogens with zero attached hydrogens (tertiary/aromatic N) is 1. The van der Waals surface area contributed by atoms with E-state index < -0.39 is 6.04 Å². The molecule has 0 spiro atoms. The zero-order valence-electron chi connectivity index (χ0n) is 24.9. The van der Waals surface area contributed by atoms with Crippen LogP contribution in [0.15, 0.2) is 12.5 Å². The topological polar surface area (TPSA) is 111 Å². The van der Waals surface area contributed by atoms with Gasteiger partial charge < -0.3 is 26.3 Å². The molecule has 39 heavy (non-hydrogen) atoms. The summed E-state index contributed by atoms with van der Waals surface area (Å²) < 4.78 is 0. The number of carbonyl (C=O) groups excluding carboxylic acids is 2. The third-order valence-electron chi connectivity index (χ3n) is 10.1. The fourth-order valence-corrected chi connectivity index (χ4v) is 7.82. The summed E-state index contributed by atoms with van der Waals surface area (Å²) in [6, 6.07) is -0.318. The third-order valence-corrected chi connectivity index (χ3v) is 10.1. The molecule has 3 aliphatic rings. The number of urea groups is 1. The van der Waals surface area contributed by atoms with Crippen molar-refractivity contribution in [3.8, 4) is 0 Å². The Bertz CT molecular complexity index is 873. The van der Waals surface area contributed by atoms with Crippen LogP contribution in [0.5, 0.6) is 0 Å². The van der Waals surface area contributed by atoms with Gasteiger partial charge in [-0.25, -0.2) is 9.78 Å². The predicted octanol–water partition coefficient (Wildman–Crippen LogP) is 4.93. The van der Waals surface area contributed by atoms with Gasteiger partial charge in [0.25, 0.3) is 0 Å². The molecule has 4 unspecified atom stereocenters. The lowest BCUT2D eigenvalue weighted by Crippen LogP contribution is -2.59. The number of imidazole rings is 1. The Kier molecular flexibility index (Phi) is 10.7. The number of rotatable bonds is 10. The van der Waals surface area contributed by atoms with Crippen molar-refractivity contribution in [3.05, 3.63) is 18.2 Å². The summed E-state index contributed by atoms with van der Waals surface area (Å²) in [7, 11) is 0. The SMILES string of the molecule is CC(C)C1CCCC(C(C)C)C1NC(=O)NC(Cc1cnc[nH]1)C(=O)NCC1(C2CCCCN2)CCCCC1. The summed E-state index contributed by atoms with van der Waals surface area (Å²) in [6.45, 7) is 10.8. The second kappa shape index (κ2) is 14.0. The number of hydrogen-bond donors (Lipinski definition) is 5. The van der Waals surface area contributed by atoms with Crippen molar-refractivity contribution in [2.45, 2.75) is 123 Å². The smallest absolute Gasteiger partial charge is 0.315 e. The Hall–Kier alpha value is -2.09. The maximum atomic E-state index is 13.7. The Labute approximate surface area is 236 Å². The van der Waals surface area contributed by atoms with E-state index in [1.54, 1.807) is 12.5 Å². The van der Waals surface area contributed by atoms with Gasteiger partial charge in [0.2, 0.25) is 5.91 Å². The zero-order chi connectivity index (χ0) is 27.8. The van der Waals surface area contributed by atoms with Crippen molar-refractivity contribution < 1.29 is 9.59 Å². The summed E-state index contributed by atoms with van der Waals surface area (Å²) in [4.78, 5) is 34.4. The monoisotopic (exact) mass is 542 g/mol. The third kappa shape index (κ3) is 7.77. The minimum Gasteiger partial charge on any atom is -0.354 e. The standard InChI is InChI=1S/C31H54N6O2/c1-21(2)24-11-10-12-25(22(3)4)28(24)37-30(39)36-26(17-23-18-32-20-35-23)29(38)34-19-31(14-7-5-8-15-31)27-13-6-9-16-33-27/h18,20-22,24-28,33H,5-17,19H2,1-4H3,(H,32,35)(H,34,38)(H2,36,37,39). The molecule has 220 valence electrons. The van der Waals surface area contributed by atoms with Crippen LogP contribution < -0.4 is 21.3 Å². The maximum Gasteiger partial charge on any atom is 0.315 e. The molecule has 1 saturated heterocycles. The lowest BCUT2D eigenvalue weighted by molar-refractivity contribution is -0.123. The molecule has 3 amide bonds. The molecule has 2 saturated carbocycles. The van der Waals surface area contributed by atoms with E-state index in [0.717, 1.165) is 37.9 Å². The van der Waals surface area contributed by atoms with Crippen LogP contribution in [0.3, 0.4) is 0 Å². The number of nitrogens with one attached hydrogen (secondary N) is 5. The highest BCUT2D eigenvalue weighted by atomic mass is 16.2. The van der Waals surface area contributed by atoms with E-state index in [1.165, 1.54) is 44.9 Å². The number of hydrogen-bond acceptors (Lipinski definition) is 4. The van der Waals surface area contributed by atoms with Gasteiger partial charge in [0, 0.05) is 42.4 Å². The molecular weight excluding hydrogens is 488 g/mol. The Morgan fingerprint density at radius 1 is 0.974 bits per heavy atom. The summed E-state index contributed by atoms with van der Waals surface area (Å²) in [5.74, 6) is 1.80. The second-order valence-corrected chi connectivity index (χ2v) is 13.4. The van der Waals surface area contributed by atoms with Gasteiger partial charge in [-0.3, -0.25) is 4.79 Å². The molecule has 3 fully saturated rings. The van der Waals surface area contributed by atoms with Crippen LogP contribution in [0.25, 0.3) is 0 Å². The molecule has 2 aliphatic carbocycles. The van der Waals surface area contributed by atoms with Crippen molar-refractivity contribution in [1.29, 1.82) is 0 Å². The highest BCUT2D eigenvalue weighted by Crippen LogP contribution is 2.41.